The SMILES string of the molecule is CC(C)(C)Cc1ncc(C(C)(C)C)s1. The van der Waals surface area contributed by atoms with Gasteiger partial charge in [-0.2, -0.15) is 0 Å². The molecule has 0 atom stereocenters. The van der Waals surface area contributed by atoms with Gasteiger partial charge in [0.15, 0.2) is 0 Å². The molecule has 0 aliphatic rings. The Balaban J connectivity index is 2.79. The van der Waals surface area contributed by atoms with Gasteiger partial charge in [0, 0.05) is 17.5 Å². The highest BCUT2D eigenvalue weighted by Gasteiger charge is 2.19. The van der Waals surface area contributed by atoms with Crippen LogP contribution in [0.5, 0.6) is 0 Å². The smallest absolute Gasteiger partial charge is 0.0933 e. The summed E-state index contributed by atoms with van der Waals surface area (Å²) in [6.45, 7) is 13.5. The van der Waals surface area contributed by atoms with Gasteiger partial charge in [-0.3, -0.25) is 0 Å². The van der Waals surface area contributed by atoms with Crippen LogP contribution in [0.1, 0.15) is 51.4 Å². The molecule has 0 fully saturated rings. The lowest BCUT2D eigenvalue weighted by Crippen LogP contribution is -2.09. The summed E-state index contributed by atoms with van der Waals surface area (Å²) in [7, 11) is 0. The zero-order chi connectivity index (χ0) is 11.0. The van der Waals surface area contributed by atoms with E-state index in [0.717, 1.165) is 6.42 Å². The summed E-state index contributed by atoms with van der Waals surface area (Å²) < 4.78 is 0. The Morgan fingerprint density at radius 2 is 1.71 bits per heavy atom. The Morgan fingerprint density at radius 1 is 1.14 bits per heavy atom. The lowest BCUT2D eigenvalue weighted by atomic mass is 9.93. The molecule has 0 N–H and O–H groups in total. The highest BCUT2D eigenvalue weighted by atomic mass is 32.1. The molecule has 2 heteroatoms. The minimum Gasteiger partial charge on any atom is -0.249 e. The molecular formula is C12H21NS. The van der Waals surface area contributed by atoms with Gasteiger partial charge in [0.1, 0.15) is 0 Å². The maximum atomic E-state index is 4.49. The maximum absolute atomic E-state index is 4.49. The number of aromatic nitrogens is 1. The number of hydrogen-bond donors (Lipinski definition) is 0. The van der Waals surface area contributed by atoms with Crippen LogP contribution in [0, 0.1) is 5.41 Å². The highest BCUT2D eigenvalue weighted by Crippen LogP contribution is 2.30. The summed E-state index contributed by atoms with van der Waals surface area (Å²) in [6.07, 6.45) is 3.11. The first-order valence-electron chi connectivity index (χ1n) is 5.14. The van der Waals surface area contributed by atoms with E-state index in [2.05, 4.69) is 46.5 Å². The number of nitrogens with zero attached hydrogens (tertiary/aromatic N) is 1. The Labute approximate surface area is 91.6 Å². The molecule has 0 saturated carbocycles. The van der Waals surface area contributed by atoms with Crippen molar-refractivity contribution in [3.05, 3.63) is 16.1 Å². The molecule has 0 spiro atoms. The van der Waals surface area contributed by atoms with Crippen LogP contribution in [0.4, 0.5) is 0 Å². The van der Waals surface area contributed by atoms with E-state index < -0.39 is 0 Å². The molecule has 80 valence electrons. The molecular weight excluding hydrogens is 190 g/mol. The second kappa shape index (κ2) is 3.65. The molecule has 0 radical (unpaired) electrons. The Hall–Kier alpha value is -0.370. The number of thiazole rings is 1. The van der Waals surface area contributed by atoms with Crippen LogP contribution >= 0.6 is 11.3 Å². The maximum Gasteiger partial charge on any atom is 0.0933 e. The van der Waals surface area contributed by atoms with Crippen molar-refractivity contribution in [1.82, 2.24) is 4.98 Å². The first kappa shape index (κ1) is 11.7. The first-order chi connectivity index (χ1) is 6.18. The van der Waals surface area contributed by atoms with Crippen LogP contribution in [0.2, 0.25) is 0 Å². The van der Waals surface area contributed by atoms with Gasteiger partial charge < -0.3 is 0 Å². The third-order valence-corrected chi connectivity index (χ3v) is 3.40. The summed E-state index contributed by atoms with van der Waals surface area (Å²) in [5, 5.41) is 1.27. The third kappa shape index (κ3) is 3.41. The zero-order valence-electron chi connectivity index (χ0n) is 10.1. The molecule has 0 aromatic carbocycles. The minimum atomic E-state index is 0.244. The predicted molar refractivity (Wildman–Crippen MR) is 64.0 cm³/mol. The molecule has 0 saturated heterocycles. The molecule has 1 heterocycles. The van der Waals surface area contributed by atoms with Crippen LogP contribution in [-0.4, -0.2) is 4.98 Å². The Kier molecular flexibility index (Phi) is 3.05. The van der Waals surface area contributed by atoms with E-state index in [1.807, 2.05) is 17.5 Å². The third-order valence-electron chi connectivity index (χ3n) is 1.97. The molecule has 0 aliphatic heterocycles. The van der Waals surface area contributed by atoms with Crippen molar-refractivity contribution in [1.29, 1.82) is 0 Å². The van der Waals surface area contributed by atoms with Crippen molar-refractivity contribution in [2.45, 2.75) is 53.4 Å². The van der Waals surface area contributed by atoms with Gasteiger partial charge in [-0.25, -0.2) is 4.98 Å². The highest BCUT2D eigenvalue weighted by molar-refractivity contribution is 7.11. The zero-order valence-corrected chi connectivity index (χ0v) is 11.0. The average molecular weight is 211 g/mol. The molecule has 14 heavy (non-hydrogen) atoms. The van der Waals surface area contributed by atoms with Crippen molar-refractivity contribution in [2.24, 2.45) is 5.41 Å². The van der Waals surface area contributed by atoms with E-state index in [1.165, 1.54) is 9.88 Å². The van der Waals surface area contributed by atoms with Gasteiger partial charge in [-0.15, -0.1) is 11.3 Å². The fraction of sp³-hybridized carbons (Fsp3) is 0.750. The molecule has 1 nitrogen and oxygen atoms in total. The van der Waals surface area contributed by atoms with Crippen molar-refractivity contribution in [3.8, 4) is 0 Å². The molecule has 1 aromatic heterocycles. The summed E-state index contributed by atoms with van der Waals surface area (Å²) >= 11 is 1.86. The normalized spacial score (nSPS) is 13.3. The van der Waals surface area contributed by atoms with Crippen LogP contribution in [0.15, 0.2) is 6.20 Å². The summed E-state index contributed by atoms with van der Waals surface area (Å²) in [6, 6.07) is 0. The largest absolute Gasteiger partial charge is 0.249 e. The van der Waals surface area contributed by atoms with Crippen LogP contribution in [0.3, 0.4) is 0 Å². The van der Waals surface area contributed by atoms with Crippen molar-refractivity contribution in [2.75, 3.05) is 0 Å². The molecule has 0 aliphatic carbocycles. The molecule has 0 amide bonds. The average Bonchev–Trinajstić information content (AvgIpc) is 2.29. The van der Waals surface area contributed by atoms with Crippen molar-refractivity contribution >= 4 is 11.3 Å². The monoisotopic (exact) mass is 211 g/mol. The molecule has 0 unspecified atom stereocenters. The minimum absolute atomic E-state index is 0.244. The molecule has 0 bridgehead atoms. The predicted octanol–water partition coefficient (Wildman–Crippen LogP) is 4.03. The van der Waals surface area contributed by atoms with Gasteiger partial charge in [0.2, 0.25) is 0 Å². The summed E-state index contributed by atoms with van der Waals surface area (Å²) in [4.78, 5) is 5.87. The van der Waals surface area contributed by atoms with Crippen molar-refractivity contribution in [3.63, 3.8) is 0 Å². The fourth-order valence-electron chi connectivity index (χ4n) is 1.19. The van der Waals surface area contributed by atoms with Gasteiger partial charge in [-0.05, 0) is 10.8 Å². The van der Waals surface area contributed by atoms with E-state index in [-0.39, 0.29) is 5.41 Å². The van der Waals surface area contributed by atoms with Gasteiger partial charge in [0.25, 0.3) is 0 Å². The summed E-state index contributed by atoms with van der Waals surface area (Å²) in [5.74, 6) is 0. The number of hydrogen-bond acceptors (Lipinski definition) is 2. The lowest BCUT2D eigenvalue weighted by Gasteiger charge is -2.16. The van der Waals surface area contributed by atoms with Crippen LogP contribution in [0.25, 0.3) is 0 Å². The standard InChI is InChI=1S/C12H21NS/c1-11(2,3)7-10-13-8-9(14-10)12(4,5)6/h8H,7H2,1-6H3. The lowest BCUT2D eigenvalue weighted by molar-refractivity contribution is 0.410. The Bertz CT molecular complexity index is 299. The summed E-state index contributed by atoms with van der Waals surface area (Å²) in [5.41, 5.74) is 0.584. The second-order valence-corrected chi connectivity index (χ2v) is 7.22. The fourth-order valence-corrected chi connectivity index (χ4v) is 2.47. The van der Waals surface area contributed by atoms with E-state index in [1.54, 1.807) is 0 Å². The van der Waals surface area contributed by atoms with Crippen LogP contribution < -0.4 is 0 Å². The van der Waals surface area contributed by atoms with E-state index >= 15 is 0 Å². The van der Waals surface area contributed by atoms with E-state index in [9.17, 15) is 0 Å². The van der Waals surface area contributed by atoms with Crippen molar-refractivity contribution < 1.29 is 0 Å². The van der Waals surface area contributed by atoms with Gasteiger partial charge in [-0.1, -0.05) is 41.5 Å². The first-order valence-corrected chi connectivity index (χ1v) is 5.95. The van der Waals surface area contributed by atoms with Gasteiger partial charge in [0.05, 0.1) is 5.01 Å². The van der Waals surface area contributed by atoms with Gasteiger partial charge >= 0.3 is 0 Å². The molecule has 1 aromatic rings. The second-order valence-electron chi connectivity index (χ2n) is 6.11. The number of rotatable bonds is 1. The quantitative estimate of drug-likeness (QED) is 0.683. The topological polar surface area (TPSA) is 12.9 Å². The van der Waals surface area contributed by atoms with E-state index in [0.29, 0.717) is 5.41 Å². The van der Waals surface area contributed by atoms with E-state index in [4.69, 9.17) is 0 Å². The Morgan fingerprint density at radius 3 is 2.07 bits per heavy atom. The molecule has 1 rings (SSSR count). The van der Waals surface area contributed by atoms with Crippen LogP contribution in [-0.2, 0) is 11.8 Å².